The third kappa shape index (κ3) is 2.79. The number of hydrogen-bond acceptors (Lipinski definition) is 1. The van der Waals surface area contributed by atoms with Crippen molar-refractivity contribution in [3.8, 4) is 0 Å². The van der Waals surface area contributed by atoms with Crippen molar-refractivity contribution in [3.63, 3.8) is 0 Å². The minimum absolute atomic E-state index is 0.166. The number of nitrogens with one attached hydrogen (secondary N) is 1. The molecule has 1 aromatic carbocycles. The van der Waals surface area contributed by atoms with E-state index in [0.29, 0.717) is 5.92 Å². The van der Waals surface area contributed by atoms with E-state index in [9.17, 15) is 8.78 Å². The van der Waals surface area contributed by atoms with Crippen LogP contribution in [0.2, 0.25) is 0 Å². The summed E-state index contributed by atoms with van der Waals surface area (Å²) in [6, 6.07) is 2.67. The molecule has 0 aliphatic heterocycles. The number of hydrogen-bond donors (Lipinski definition) is 1. The summed E-state index contributed by atoms with van der Waals surface area (Å²) in [6.45, 7) is 2.14. The minimum atomic E-state index is -0.431. The summed E-state index contributed by atoms with van der Waals surface area (Å²) < 4.78 is 27.2. The van der Waals surface area contributed by atoms with Crippen LogP contribution in [0.25, 0.3) is 0 Å². The SMILES string of the molecule is CCC1CCCC1Nc1cc(F)c(Br)cc1F. The van der Waals surface area contributed by atoms with Crippen molar-refractivity contribution in [1.29, 1.82) is 0 Å². The second kappa shape index (κ2) is 5.34. The molecular weight excluding hydrogens is 288 g/mol. The van der Waals surface area contributed by atoms with Gasteiger partial charge in [-0.05, 0) is 40.8 Å². The fraction of sp³-hybridized carbons (Fsp3) is 0.538. The highest BCUT2D eigenvalue weighted by molar-refractivity contribution is 9.10. The lowest BCUT2D eigenvalue weighted by Gasteiger charge is -2.21. The average molecular weight is 304 g/mol. The van der Waals surface area contributed by atoms with Crippen LogP contribution in [0.15, 0.2) is 16.6 Å². The van der Waals surface area contributed by atoms with E-state index in [1.54, 1.807) is 0 Å². The Balaban J connectivity index is 2.15. The van der Waals surface area contributed by atoms with E-state index in [-0.39, 0.29) is 16.2 Å². The molecule has 1 aliphatic rings. The lowest BCUT2D eigenvalue weighted by molar-refractivity contribution is 0.486. The zero-order valence-electron chi connectivity index (χ0n) is 9.77. The van der Waals surface area contributed by atoms with Crippen molar-refractivity contribution in [2.24, 2.45) is 5.92 Å². The first-order valence-corrected chi connectivity index (χ1v) is 6.82. The molecule has 1 saturated carbocycles. The van der Waals surface area contributed by atoms with E-state index in [1.165, 1.54) is 18.6 Å². The number of halogens is 3. The van der Waals surface area contributed by atoms with Crippen molar-refractivity contribution >= 4 is 21.6 Å². The molecule has 0 saturated heterocycles. The van der Waals surface area contributed by atoms with Gasteiger partial charge in [-0.25, -0.2) is 8.78 Å². The largest absolute Gasteiger partial charge is 0.380 e. The molecule has 1 aromatic rings. The summed E-state index contributed by atoms with van der Waals surface area (Å²) in [7, 11) is 0. The van der Waals surface area contributed by atoms with Crippen molar-refractivity contribution in [1.82, 2.24) is 0 Å². The first kappa shape index (κ1) is 12.8. The van der Waals surface area contributed by atoms with E-state index < -0.39 is 11.6 Å². The summed E-state index contributed by atoms with van der Waals surface area (Å²) in [5.41, 5.74) is 0.274. The zero-order chi connectivity index (χ0) is 12.4. The lowest BCUT2D eigenvalue weighted by Crippen LogP contribution is -2.24. The monoisotopic (exact) mass is 303 g/mol. The van der Waals surface area contributed by atoms with Gasteiger partial charge in [0, 0.05) is 12.1 Å². The molecule has 1 N–H and O–H groups in total. The summed E-state index contributed by atoms with van der Waals surface area (Å²) in [5.74, 6) is -0.263. The molecular formula is C13H16BrF2N. The van der Waals surface area contributed by atoms with E-state index in [4.69, 9.17) is 0 Å². The van der Waals surface area contributed by atoms with Gasteiger partial charge in [0.1, 0.15) is 11.6 Å². The van der Waals surface area contributed by atoms with Gasteiger partial charge in [-0.2, -0.15) is 0 Å². The molecule has 0 spiro atoms. The Labute approximate surface area is 109 Å². The first-order valence-electron chi connectivity index (χ1n) is 6.03. The molecule has 0 amide bonds. The van der Waals surface area contributed by atoms with Crippen molar-refractivity contribution in [3.05, 3.63) is 28.2 Å². The van der Waals surface area contributed by atoms with Crippen LogP contribution in [0, 0.1) is 17.6 Å². The van der Waals surface area contributed by atoms with Gasteiger partial charge in [-0.3, -0.25) is 0 Å². The molecule has 0 radical (unpaired) electrons. The van der Waals surface area contributed by atoms with Gasteiger partial charge in [0.2, 0.25) is 0 Å². The van der Waals surface area contributed by atoms with E-state index >= 15 is 0 Å². The van der Waals surface area contributed by atoms with Crippen molar-refractivity contribution < 1.29 is 8.78 Å². The molecule has 94 valence electrons. The lowest BCUT2D eigenvalue weighted by atomic mass is 10.0. The Kier molecular flexibility index (Phi) is 4.02. The van der Waals surface area contributed by atoms with Gasteiger partial charge in [-0.1, -0.05) is 19.8 Å². The number of benzene rings is 1. The third-order valence-electron chi connectivity index (χ3n) is 3.53. The Bertz CT molecular complexity index is 409. The summed E-state index contributed by atoms with van der Waals surface area (Å²) in [4.78, 5) is 0. The maximum absolute atomic E-state index is 13.7. The Morgan fingerprint density at radius 3 is 2.76 bits per heavy atom. The second-order valence-corrected chi connectivity index (χ2v) is 5.45. The van der Waals surface area contributed by atoms with Crippen LogP contribution in [0.4, 0.5) is 14.5 Å². The Hall–Kier alpha value is -0.640. The highest BCUT2D eigenvalue weighted by Gasteiger charge is 2.26. The highest BCUT2D eigenvalue weighted by atomic mass is 79.9. The molecule has 2 atom stereocenters. The molecule has 0 heterocycles. The molecule has 4 heteroatoms. The van der Waals surface area contributed by atoms with Crippen LogP contribution in [0.5, 0.6) is 0 Å². The zero-order valence-corrected chi connectivity index (χ0v) is 11.4. The van der Waals surface area contributed by atoms with Crippen LogP contribution in [-0.4, -0.2) is 6.04 Å². The molecule has 1 nitrogen and oxygen atoms in total. The van der Waals surface area contributed by atoms with E-state index in [2.05, 4.69) is 28.2 Å². The van der Waals surface area contributed by atoms with E-state index in [0.717, 1.165) is 19.3 Å². The van der Waals surface area contributed by atoms with Gasteiger partial charge in [0.05, 0.1) is 10.2 Å². The fourth-order valence-corrected chi connectivity index (χ4v) is 2.86. The minimum Gasteiger partial charge on any atom is -0.380 e. The Morgan fingerprint density at radius 2 is 2.06 bits per heavy atom. The normalized spacial score (nSPS) is 24.0. The van der Waals surface area contributed by atoms with Gasteiger partial charge < -0.3 is 5.32 Å². The number of anilines is 1. The van der Waals surface area contributed by atoms with Crippen LogP contribution in [0.3, 0.4) is 0 Å². The van der Waals surface area contributed by atoms with Gasteiger partial charge in [0.25, 0.3) is 0 Å². The van der Waals surface area contributed by atoms with Crippen molar-refractivity contribution in [2.45, 2.75) is 38.6 Å². The second-order valence-electron chi connectivity index (χ2n) is 4.60. The number of rotatable bonds is 3. The van der Waals surface area contributed by atoms with Gasteiger partial charge in [0.15, 0.2) is 0 Å². The van der Waals surface area contributed by atoms with E-state index in [1.807, 2.05) is 0 Å². The molecule has 1 fully saturated rings. The summed E-state index contributed by atoms with van der Waals surface area (Å²) >= 11 is 2.98. The smallest absolute Gasteiger partial charge is 0.147 e. The molecule has 1 aliphatic carbocycles. The summed E-state index contributed by atoms with van der Waals surface area (Å²) in [5, 5.41) is 3.14. The molecule has 0 aromatic heterocycles. The average Bonchev–Trinajstić information content (AvgIpc) is 2.73. The van der Waals surface area contributed by atoms with Crippen LogP contribution in [-0.2, 0) is 0 Å². The van der Waals surface area contributed by atoms with Crippen LogP contribution < -0.4 is 5.32 Å². The predicted molar refractivity (Wildman–Crippen MR) is 69.1 cm³/mol. The first-order chi connectivity index (χ1) is 8.11. The van der Waals surface area contributed by atoms with Crippen molar-refractivity contribution in [2.75, 3.05) is 5.32 Å². The van der Waals surface area contributed by atoms with Gasteiger partial charge in [-0.15, -0.1) is 0 Å². The molecule has 0 bridgehead atoms. The topological polar surface area (TPSA) is 12.0 Å². The maximum Gasteiger partial charge on any atom is 0.147 e. The Morgan fingerprint density at radius 1 is 1.29 bits per heavy atom. The quantitative estimate of drug-likeness (QED) is 0.797. The predicted octanol–water partition coefficient (Wildman–Crippen LogP) is 4.72. The van der Waals surface area contributed by atoms with Gasteiger partial charge >= 0.3 is 0 Å². The highest BCUT2D eigenvalue weighted by Crippen LogP contribution is 2.32. The third-order valence-corrected chi connectivity index (χ3v) is 4.14. The molecule has 2 unspecified atom stereocenters. The molecule has 2 rings (SSSR count). The summed E-state index contributed by atoms with van der Waals surface area (Å²) in [6.07, 6.45) is 4.46. The molecule has 17 heavy (non-hydrogen) atoms. The van der Waals surface area contributed by atoms with Crippen LogP contribution >= 0.6 is 15.9 Å². The maximum atomic E-state index is 13.7. The fourth-order valence-electron chi connectivity index (χ4n) is 2.55. The van der Waals surface area contributed by atoms with Crippen LogP contribution in [0.1, 0.15) is 32.6 Å². The standard InChI is InChI=1S/C13H16BrF2N/c1-2-8-4-3-5-12(8)17-13-7-10(15)9(14)6-11(13)16/h6-8,12,17H,2-5H2,1H3.